The zero-order valence-electron chi connectivity index (χ0n) is 14.2. The van der Waals surface area contributed by atoms with Crippen molar-refractivity contribution in [1.29, 1.82) is 0 Å². The zero-order chi connectivity index (χ0) is 17.2. The highest BCUT2D eigenvalue weighted by Gasteiger charge is 2.22. The molecule has 25 heavy (non-hydrogen) atoms. The van der Waals surface area contributed by atoms with E-state index in [0.717, 1.165) is 47.9 Å². The lowest BCUT2D eigenvalue weighted by atomic mass is 10.1. The normalized spacial score (nSPS) is 13.8. The quantitative estimate of drug-likeness (QED) is 0.748. The van der Waals surface area contributed by atoms with E-state index < -0.39 is 0 Å². The summed E-state index contributed by atoms with van der Waals surface area (Å²) in [5.41, 5.74) is 2.18. The summed E-state index contributed by atoms with van der Waals surface area (Å²) in [5, 5.41) is 3.02. The maximum Gasteiger partial charge on any atom is 0.220 e. The maximum atomic E-state index is 11.8. The van der Waals surface area contributed by atoms with Gasteiger partial charge in [-0.3, -0.25) is 9.36 Å². The molecule has 0 aliphatic heterocycles. The van der Waals surface area contributed by atoms with Crippen LogP contribution >= 0.6 is 0 Å². The minimum atomic E-state index is 0.150. The van der Waals surface area contributed by atoms with Crippen molar-refractivity contribution in [2.75, 3.05) is 0 Å². The highest BCUT2D eigenvalue weighted by molar-refractivity contribution is 5.76. The Morgan fingerprint density at radius 3 is 2.72 bits per heavy atom. The summed E-state index contributed by atoms with van der Waals surface area (Å²) in [4.78, 5) is 16.2. The van der Waals surface area contributed by atoms with E-state index in [4.69, 9.17) is 4.42 Å². The first kappa shape index (κ1) is 15.7. The summed E-state index contributed by atoms with van der Waals surface area (Å²) >= 11 is 0. The Hall–Kier alpha value is -2.82. The molecule has 1 aliphatic carbocycles. The van der Waals surface area contributed by atoms with Crippen LogP contribution < -0.4 is 5.32 Å². The first-order valence-corrected chi connectivity index (χ1v) is 8.68. The van der Waals surface area contributed by atoms with Crippen LogP contribution in [0.3, 0.4) is 0 Å². The van der Waals surface area contributed by atoms with Gasteiger partial charge in [0.2, 0.25) is 5.91 Å². The van der Waals surface area contributed by atoms with Crippen molar-refractivity contribution in [3.8, 4) is 17.3 Å². The van der Waals surface area contributed by atoms with Crippen molar-refractivity contribution in [1.82, 2.24) is 14.9 Å². The average Bonchev–Trinajstić information content (AvgIpc) is 3.11. The van der Waals surface area contributed by atoms with Gasteiger partial charge in [-0.1, -0.05) is 12.1 Å². The number of imidazole rings is 1. The maximum absolute atomic E-state index is 11.8. The monoisotopic (exact) mass is 335 g/mol. The van der Waals surface area contributed by atoms with Crippen LogP contribution in [0, 0.1) is 6.92 Å². The van der Waals surface area contributed by atoms with E-state index >= 15 is 0 Å². The van der Waals surface area contributed by atoms with E-state index in [0.29, 0.717) is 12.5 Å². The van der Waals surface area contributed by atoms with Crippen LogP contribution in [-0.4, -0.2) is 21.5 Å². The lowest BCUT2D eigenvalue weighted by Gasteiger charge is -2.08. The summed E-state index contributed by atoms with van der Waals surface area (Å²) in [6, 6.07) is 12.5. The number of amides is 1. The highest BCUT2D eigenvalue weighted by Crippen LogP contribution is 2.24. The van der Waals surface area contributed by atoms with Crippen molar-refractivity contribution >= 4 is 5.91 Å². The zero-order valence-corrected chi connectivity index (χ0v) is 14.2. The SMILES string of the molecule is Cc1ccc(-c2nccn2-c2ccc(CCC(=O)NC3CC3)cc2)o1. The number of furan rings is 1. The van der Waals surface area contributed by atoms with Crippen LogP contribution in [0.1, 0.15) is 30.6 Å². The fourth-order valence-corrected chi connectivity index (χ4v) is 2.86. The molecule has 1 saturated carbocycles. The minimum Gasteiger partial charge on any atom is -0.458 e. The molecule has 1 N–H and O–H groups in total. The van der Waals surface area contributed by atoms with Crippen LogP contribution in [0.4, 0.5) is 0 Å². The number of hydrogen-bond donors (Lipinski definition) is 1. The number of carbonyl (C=O) groups is 1. The van der Waals surface area contributed by atoms with Crippen LogP contribution in [-0.2, 0) is 11.2 Å². The van der Waals surface area contributed by atoms with Gasteiger partial charge in [-0.2, -0.15) is 0 Å². The second-order valence-electron chi connectivity index (χ2n) is 6.54. The van der Waals surface area contributed by atoms with Gasteiger partial charge in [0.15, 0.2) is 11.6 Å². The third kappa shape index (κ3) is 3.65. The second kappa shape index (κ2) is 6.59. The Bertz CT molecular complexity index is 872. The van der Waals surface area contributed by atoms with Crippen LogP contribution in [0.15, 0.2) is 53.2 Å². The third-order valence-corrected chi connectivity index (χ3v) is 4.40. The molecule has 1 amide bonds. The molecule has 4 rings (SSSR count). The predicted molar refractivity (Wildman–Crippen MR) is 95.5 cm³/mol. The van der Waals surface area contributed by atoms with Crippen molar-refractivity contribution in [3.63, 3.8) is 0 Å². The molecule has 1 aromatic carbocycles. The molecule has 0 unspecified atom stereocenters. The van der Waals surface area contributed by atoms with Gasteiger partial charge in [0.05, 0.1) is 0 Å². The fraction of sp³-hybridized carbons (Fsp3) is 0.300. The van der Waals surface area contributed by atoms with E-state index in [9.17, 15) is 4.79 Å². The van der Waals surface area contributed by atoms with E-state index in [1.807, 2.05) is 29.8 Å². The Balaban J connectivity index is 1.45. The molecule has 3 aromatic rings. The molecule has 0 atom stereocenters. The fourth-order valence-electron chi connectivity index (χ4n) is 2.86. The molecule has 5 heteroatoms. The largest absolute Gasteiger partial charge is 0.458 e. The summed E-state index contributed by atoms with van der Waals surface area (Å²) in [5.74, 6) is 2.55. The Morgan fingerprint density at radius 1 is 1.24 bits per heavy atom. The molecular formula is C20H21N3O2. The number of benzene rings is 1. The van der Waals surface area contributed by atoms with Crippen LogP contribution in [0.25, 0.3) is 17.3 Å². The van der Waals surface area contributed by atoms with Crippen molar-refractivity contribution in [2.45, 2.75) is 38.6 Å². The van der Waals surface area contributed by atoms with Gasteiger partial charge in [-0.25, -0.2) is 4.98 Å². The molecule has 2 heterocycles. The number of aromatic nitrogens is 2. The van der Waals surface area contributed by atoms with Crippen molar-refractivity contribution in [2.24, 2.45) is 0 Å². The van der Waals surface area contributed by atoms with Gasteiger partial charge < -0.3 is 9.73 Å². The van der Waals surface area contributed by atoms with E-state index in [-0.39, 0.29) is 5.91 Å². The highest BCUT2D eigenvalue weighted by atomic mass is 16.3. The average molecular weight is 335 g/mol. The smallest absolute Gasteiger partial charge is 0.220 e. The van der Waals surface area contributed by atoms with Crippen molar-refractivity contribution in [3.05, 3.63) is 60.1 Å². The van der Waals surface area contributed by atoms with E-state index in [1.54, 1.807) is 6.20 Å². The number of nitrogens with one attached hydrogen (secondary N) is 1. The number of rotatable bonds is 6. The van der Waals surface area contributed by atoms with Gasteiger partial charge in [0, 0.05) is 30.5 Å². The Labute approximate surface area is 146 Å². The summed E-state index contributed by atoms with van der Waals surface area (Å²) < 4.78 is 7.69. The molecule has 0 radical (unpaired) electrons. The molecular weight excluding hydrogens is 314 g/mol. The molecule has 128 valence electrons. The standard InChI is InChI=1S/C20H21N3O2/c1-14-2-10-18(25-14)20-21-12-13-23(20)17-8-3-15(4-9-17)5-11-19(24)22-16-6-7-16/h2-4,8-10,12-13,16H,5-7,11H2,1H3,(H,22,24). The molecule has 1 fully saturated rings. The molecule has 0 saturated heterocycles. The van der Waals surface area contributed by atoms with Gasteiger partial charge in [0.25, 0.3) is 0 Å². The van der Waals surface area contributed by atoms with Crippen LogP contribution in [0.5, 0.6) is 0 Å². The number of carbonyl (C=O) groups excluding carboxylic acids is 1. The van der Waals surface area contributed by atoms with Crippen molar-refractivity contribution < 1.29 is 9.21 Å². The first-order valence-electron chi connectivity index (χ1n) is 8.68. The minimum absolute atomic E-state index is 0.150. The molecule has 0 spiro atoms. The van der Waals surface area contributed by atoms with Gasteiger partial charge in [0.1, 0.15) is 5.76 Å². The summed E-state index contributed by atoms with van der Waals surface area (Å²) in [6.07, 6.45) is 7.24. The van der Waals surface area contributed by atoms with Gasteiger partial charge in [-0.15, -0.1) is 0 Å². The van der Waals surface area contributed by atoms with Gasteiger partial charge in [-0.05, 0) is 56.0 Å². The lowest BCUT2D eigenvalue weighted by molar-refractivity contribution is -0.121. The van der Waals surface area contributed by atoms with E-state index in [2.05, 4.69) is 34.6 Å². The summed E-state index contributed by atoms with van der Waals surface area (Å²) in [6.45, 7) is 1.92. The molecule has 0 bridgehead atoms. The number of aryl methyl sites for hydroxylation is 2. The predicted octanol–water partition coefficient (Wildman–Crippen LogP) is 3.65. The Morgan fingerprint density at radius 2 is 2.04 bits per heavy atom. The molecule has 5 nitrogen and oxygen atoms in total. The molecule has 2 aromatic heterocycles. The van der Waals surface area contributed by atoms with E-state index in [1.165, 1.54) is 0 Å². The van der Waals surface area contributed by atoms with Gasteiger partial charge >= 0.3 is 0 Å². The topological polar surface area (TPSA) is 60.1 Å². The number of nitrogens with zero attached hydrogens (tertiary/aromatic N) is 2. The third-order valence-electron chi connectivity index (χ3n) is 4.40. The Kier molecular flexibility index (Phi) is 4.14. The molecule has 1 aliphatic rings. The lowest BCUT2D eigenvalue weighted by Crippen LogP contribution is -2.25. The number of hydrogen-bond acceptors (Lipinski definition) is 3. The summed E-state index contributed by atoms with van der Waals surface area (Å²) in [7, 11) is 0. The van der Waals surface area contributed by atoms with Crippen LogP contribution in [0.2, 0.25) is 0 Å². The first-order chi connectivity index (χ1) is 12.2. The second-order valence-corrected chi connectivity index (χ2v) is 6.54.